The van der Waals surface area contributed by atoms with Gasteiger partial charge in [-0.2, -0.15) is 4.98 Å². The molecule has 1 saturated heterocycles. The molecule has 25 heavy (non-hydrogen) atoms. The Hall–Kier alpha value is -2.22. The third-order valence-electron chi connectivity index (χ3n) is 5.01. The maximum Gasteiger partial charge on any atom is 0.242 e. The van der Waals surface area contributed by atoms with E-state index in [2.05, 4.69) is 25.5 Å². The quantitative estimate of drug-likeness (QED) is 0.889. The Morgan fingerprint density at radius 2 is 2.12 bits per heavy atom. The van der Waals surface area contributed by atoms with Crippen LogP contribution in [-0.4, -0.2) is 45.2 Å². The number of carbonyl (C=O) groups is 1. The number of piperidine rings is 1. The fourth-order valence-electron chi connectivity index (χ4n) is 3.30. The number of amides is 1. The van der Waals surface area contributed by atoms with E-state index >= 15 is 0 Å². The second kappa shape index (κ2) is 6.59. The lowest BCUT2D eigenvalue weighted by Gasteiger charge is -2.34. The molecule has 8 heteroatoms. The normalized spacial score (nSPS) is 22.7. The molecule has 2 aromatic rings. The molecule has 0 aromatic carbocycles. The van der Waals surface area contributed by atoms with Crippen LogP contribution in [-0.2, 0) is 4.79 Å². The Morgan fingerprint density at radius 1 is 1.28 bits per heavy atom. The van der Waals surface area contributed by atoms with Crippen molar-refractivity contribution >= 4 is 11.7 Å². The van der Waals surface area contributed by atoms with Gasteiger partial charge in [0.1, 0.15) is 5.76 Å². The molecule has 134 valence electrons. The van der Waals surface area contributed by atoms with E-state index in [4.69, 9.17) is 9.05 Å². The number of nitrogens with one attached hydrogen (secondary N) is 1. The molecule has 2 aliphatic rings. The zero-order valence-electron chi connectivity index (χ0n) is 14.6. The van der Waals surface area contributed by atoms with Gasteiger partial charge >= 0.3 is 0 Å². The molecule has 0 spiro atoms. The summed E-state index contributed by atoms with van der Waals surface area (Å²) in [5.41, 5.74) is 0. The number of carbonyl (C=O) groups excluding carboxylic acids is 1. The van der Waals surface area contributed by atoms with Crippen LogP contribution in [0.25, 0.3) is 0 Å². The number of aromatic nitrogens is 3. The van der Waals surface area contributed by atoms with Crippen molar-refractivity contribution in [3.8, 4) is 0 Å². The Balaban J connectivity index is 1.38. The molecule has 2 aromatic heterocycles. The van der Waals surface area contributed by atoms with Crippen LogP contribution >= 0.6 is 0 Å². The van der Waals surface area contributed by atoms with Crippen molar-refractivity contribution in [2.75, 3.05) is 18.4 Å². The molecule has 1 aliphatic heterocycles. The lowest BCUT2D eigenvalue weighted by atomic mass is 9.96. The molecule has 1 N–H and O–H groups in total. The van der Waals surface area contributed by atoms with Gasteiger partial charge in [0, 0.05) is 24.4 Å². The Labute approximate surface area is 145 Å². The maximum atomic E-state index is 12.5. The van der Waals surface area contributed by atoms with E-state index in [1.165, 1.54) is 0 Å². The number of likely N-dealkylation sites (tertiary alicyclic amines) is 1. The zero-order chi connectivity index (χ0) is 17.4. The number of anilines is 1. The number of hydrogen-bond donors (Lipinski definition) is 1. The molecule has 1 saturated carbocycles. The molecule has 0 bridgehead atoms. The average Bonchev–Trinajstić information content (AvgIpc) is 3.21. The van der Waals surface area contributed by atoms with Crippen molar-refractivity contribution in [2.24, 2.45) is 0 Å². The predicted molar refractivity (Wildman–Crippen MR) is 89.2 cm³/mol. The zero-order valence-corrected chi connectivity index (χ0v) is 14.6. The minimum Gasteiger partial charge on any atom is -0.360 e. The van der Waals surface area contributed by atoms with E-state index in [-0.39, 0.29) is 17.9 Å². The van der Waals surface area contributed by atoms with Crippen LogP contribution in [0.5, 0.6) is 0 Å². The molecular weight excluding hydrogens is 322 g/mol. The molecule has 2 fully saturated rings. The van der Waals surface area contributed by atoms with E-state index in [0.29, 0.717) is 17.5 Å². The van der Waals surface area contributed by atoms with Crippen LogP contribution in [0.1, 0.15) is 61.9 Å². The number of rotatable bonds is 5. The summed E-state index contributed by atoms with van der Waals surface area (Å²) in [6, 6.07) is 1.46. The van der Waals surface area contributed by atoms with Crippen LogP contribution < -0.4 is 5.32 Å². The van der Waals surface area contributed by atoms with E-state index in [1.54, 1.807) is 13.0 Å². The SMILES string of the molecule is Cc1cc(NC(=O)[C@@H](C)N2CCC[C@@H](c3noc(C4CC4)n3)C2)no1. The lowest BCUT2D eigenvalue weighted by molar-refractivity contribution is -0.121. The summed E-state index contributed by atoms with van der Waals surface area (Å²) in [4.78, 5) is 19.2. The molecule has 2 atom stereocenters. The van der Waals surface area contributed by atoms with Crippen molar-refractivity contribution < 1.29 is 13.8 Å². The van der Waals surface area contributed by atoms with E-state index in [9.17, 15) is 4.79 Å². The van der Waals surface area contributed by atoms with Crippen molar-refractivity contribution in [3.63, 3.8) is 0 Å². The average molecular weight is 345 g/mol. The first-order valence-corrected chi connectivity index (χ1v) is 8.92. The third kappa shape index (κ3) is 3.58. The fraction of sp³-hybridized carbons (Fsp3) is 0.647. The molecular formula is C17H23N5O3. The minimum absolute atomic E-state index is 0.0827. The first-order chi connectivity index (χ1) is 12.1. The summed E-state index contributed by atoms with van der Waals surface area (Å²) < 4.78 is 10.4. The highest BCUT2D eigenvalue weighted by Gasteiger charge is 2.33. The molecule has 0 unspecified atom stereocenters. The second-order valence-electron chi connectivity index (χ2n) is 7.09. The van der Waals surface area contributed by atoms with Gasteiger partial charge in [0.05, 0.1) is 6.04 Å². The van der Waals surface area contributed by atoms with Gasteiger partial charge in [0.15, 0.2) is 11.6 Å². The highest BCUT2D eigenvalue weighted by molar-refractivity contribution is 5.93. The smallest absolute Gasteiger partial charge is 0.242 e. The number of aryl methyl sites for hydroxylation is 1. The molecule has 4 rings (SSSR count). The number of nitrogens with zero attached hydrogens (tertiary/aromatic N) is 4. The summed E-state index contributed by atoms with van der Waals surface area (Å²) in [5.74, 6) is 3.29. The highest BCUT2D eigenvalue weighted by atomic mass is 16.5. The standard InChI is InChI=1S/C17H23N5O3/c1-10-8-14(20-24-10)18-16(23)11(2)22-7-3-4-13(9-22)15-19-17(25-21-15)12-5-6-12/h8,11-13H,3-7,9H2,1-2H3,(H,18,20,23)/t11-,13-/m1/s1. The molecule has 0 radical (unpaired) electrons. The summed E-state index contributed by atoms with van der Waals surface area (Å²) in [5, 5.41) is 10.8. The molecule has 1 amide bonds. The topological polar surface area (TPSA) is 97.3 Å². The molecule has 8 nitrogen and oxygen atoms in total. The lowest BCUT2D eigenvalue weighted by Crippen LogP contribution is -2.46. The Kier molecular flexibility index (Phi) is 4.29. The first kappa shape index (κ1) is 16.3. The summed E-state index contributed by atoms with van der Waals surface area (Å²) in [7, 11) is 0. The number of hydrogen-bond acceptors (Lipinski definition) is 7. The van der Waals surface area contributed by atoms with Crippen molar-refractivity contribution in [1.29, 1.82) is 0 Å². The van der Waals surface area contributed by atoms with Gasteiger partial charge in [0.2, 0.25) is 11.8 Å². The maximum absolute atomic E-state index is 12.5. The highest BCUT2D eigenvalue weighted by Crippen LogP contribution is 2.39. The van der Waals surface area contributed by atoms with Crippen molar-refractivity contribution in [1.82, 2.24) is 20.2 Å². The van der Waals surface area contributed by atoms with Crippen LogP contribution in [0.2, 0.25) is 0 Å². The van der Waals surface area contributed by atoms with Crippen molar-refractivity contribution in [3.05, 3.63) is 23.5 Å². The van der Waals surface area contributed by atoms with Crippen LogP contribution in [0, 0.1) is 6.92 Å². The van der Waals surface area contributed by atoms with E-state index in [0.717, 1.165) is 50.5 Å². The van der Waals surface area contributed by atoms with E-state index < -0.39 is 0 Å². The molecule has 1 aliphatic carbocycles. The first-order valence-electron chi connectivity index (χ1n) is 8.92. The van der Waals surface area contributed by atoms with Crippen molar-refractivity contribution in [2.45, 2.75) is 57.4 Å². The Bertz CT molecular complexity index is 751. The summed E-state index contributed by atoms with van der Waals surface area (Å²) in [6.07, 6.45) is 4.34. The molecule has 3 heterocycles. The minimum atomic E-state index is -0.255. The third-order valence-corrected chi connectivity index (χ3v) is 5.01. The van der Waals surface area contributed by atoms with Gasteiger partial charge in [-0.05, 0) is 46.1 Å². The Morgan fingerprint density at radius 3 is 2.84 bits per heavy atom. The predicted octanol–water partition coefficient (Wildman–Crippen LogP) is 2.45. The van der Waals surface area contributed by atoms with Gasteiger partial charge in [-0.25, -0.2) is 0 Å². The van der Waals surface area contributed by atoms with Gasteiger partial charge in [-0.15, -0.1) is 0 Å². The largest absolute Gasteiger partial charge is 0.360 e. The van der Waals surface area contributed by atoms with Crippen LogP contribution in [0.3, 0.4) is 0 Å². The van der Waals surface area contributed by atoms with Gasteiger partial charge in [-0.3, -0.25) is 9.69 Å². The van der Waals surface area contributed by atoms with Gasteiger partial charge in [-0.1, -0.05) is 10.3 Å². The summed E-state index contributed by atoms with van der Waals surface area (Å²) >= 11 is 0. The van der Waals surface area contributed by atoms with Crippen LogP contribution in [0.4, 0.5) is 5.82 Å². The van der Waals surface area contributed by atoms with Gasteiger partial charge in [0.25, 0.3) is 0 Å². The monoisotopic (exact) mass is 345 g/mol. The van der Waals surface area contributed by atoms with Gasteiger partial charge < -0.3 is 14.4 Å². The second-order valence-corrected chi connectivity index (χ2v) is 7.09. The van der Waals surface area contributed by atoms with E-state index in [1.807, 2.05) is 6.92 Å². The van der Waals surface area contributed by atoms with Crippen LogP contribution in [0.15, 0.2) is 15.1 Å². The summed E-state index contributed by atoms with van der Waals surface area (Å²) in [6.45, 7) is 5.35. The fourth-order valence-corrected chi connectivity index (χ4v) is 3.30.